The van der Waals surface area contributed by atoms with E-state index in [0.29, 0.717) is 11.3 Å². The molecule has 0 radical (unpaired) electrons. The normalized spacial score (nSPS) is 11.1. The SMILES string of the molecule is O=C(O/N=C(\c1ccc(Br)cc1)c1cccnc1)c1ccccc1. The Morgan fingerprint density at radius 2 is 1.58 bits per heavy atom. The molecule has 0 aliphatic heterocycles. The first-order chi connectivity index (χ1) is 11.7. The first-order valence-electron chi connectivity index (χ1n) is 7.25. The molecule has 0 atom stereocenters. The van der Waals surface area contributed by atoms with Crippen LogP contribution in [-0.2, 0) is 4.84 Å². The lowest BCUT2D eigenvalue weighted by atomic mass is 10.0. The third-order valence-corrected chi connectivity index (χ3v) is 3.81. The molecule has 5 heteroatoms. The largest absolute Gasteiger partial charge is 0.365 e. The van der Waals surface area contributed by atoms with E-state index in [4.69, 9.17) is 4.84 Å². The smallest absolute Gasteiger partial charge is 0.312 e. The summed E-state index contributed by atoms with van der Waals surface area (Å²) in [5.41, 5.74) is 2.58. The maximum Gasteiger partial charge on any atom is 0.365 e. The molecule has 0 saturated carbocycles. The average molecular weight is 381 g/mol. The van der Waals surface area contributed by atoms with Crippen LogP contribution in [0.5, 0.6) is 0 Å². The molecule has 0 bridgehead atoms. The molecule has 3 aromatic rings. The fraction of sp³-hybridized carbons (Fsp3) is 0. The molecule has 0 aliphatic carbocycles. The van der Waals surface area contributed by atoms with Crippen LogP contribution in [0.4, 0.5) is 0 Å². The molecule has 0 N–H and O–H groups in total. The van der Waals surface area contributed by atoms with Gasteiger partial charge in [-0.1, -0.05) is 51.4 Å². The number of carbonyl (C=O) groups excluding carboxylic acids is 1. The number of nitrogens with zero attached hydrogens (tertiary/aromatic N) is 2. The van der Waals surface area contributed by atoms with Gasteiger partial charge in [0.15, 0.2) is 0 Å². The number of benzene rings is 2. The molecule has 0 aliphatic rings. The van der Waals surface area contributed by atoms with E-state index >= 15 is 0 Å². The summed E-state index contributed by atoms with van der Waals surface area (Å²) in [6.45, 7) is 0. The molecule has 4 nitrogen and oxygen atoms in total. The van der Waals surface area contributed by atoms with Crippen LogP contribution in [-0.4, -0.2) is 16.7 Å². The topological polar surface area (TPSA) is 51.5 Å². The number of carbonyl (C=O) groups is 1. The summed E-state index contributed by atoms with van der Waals surface area (Å²) in [7, 11) is 0. The predicted molar refractivity (Wildman–Crippen MR) is 95.9 cm³/mol. The average Bonchev–Trinajstić information content (AvgIpc) is 2.65. The minimum atomic E-state index is -0.505. The fourth-order valence-electron chi connectivity index (χ4n) is 2.10. The summed E-state index contributed by atoms with van der Waals surface area (Å²) >= 11 is 3.41. The lowest BCUT2D eigenvalue weighted by Gasteiger charge is -2.06. The van der Waals surface area contributed by atoms with Crippen molar-refractivity contribution in [3.8, 4) is 0 Å². The summed E-state index contributed by atoms with van der Waals surface area (Å²) in [5, 5.41) is 4.08. The van der Waals surface area contributed by atoms with E-state index in [1.165, 1.54) is 0 Å². The van der Waals surface area contributed by atoms with E-state index in [1.54, 1.807) is 36.7 Å². The highest BCUT2D eigenvalue weighted by atomic mass is 79.9. The van der Waals surface area contributed by atoms with Crippen molar-refractivity contribution in [2.45, 2.75) is 0 Å². The molecule has 118 valence electrons. The molecular weight excluding hydrogens is 368 g/mol. The van der Waals surface area contributed by atoms with E-state index in [9.17, 15) is 4.79 Å². The Bertz CT molecular complexity index is 848. The van der Waals surface area contributed by atoms with Crippen molar-refractivity contribution in [1.82, 2.24) is 4.98 Å². The van der Waals surface area contributed by atoms with Crippen LogP contribution in [0.3, 0.4) is 0 Å². The Kier molecular flexibility index (Phi) is 5.13. The summed E-state index contributed by atoms with van der Waals surface area (Å²) in [5.74, 6) is -0.505. The van der Waals surface area contributed by atoms with Gasteiger partial charge in [0, 0.05) is 28.0 Å². The van der Waals surface area contributed by atoms with Gasteiger partial charge in [0.25, 0.3) is 0 Å². The molecule has 0 saturated heterocycles. The van der Waals surface area contributed by atoms with Gasteiger partial charge >= 0.3 is 5.97 Å². The summed E-state index contributed by atoms with van der Waals surface area (Å²) in [6.07, 6.45) is 3.36. The van der Waals surface area contributed by atoms with Crippen molar-refractivity contribution in [1.29, 1.82) is 0 Å². The fourth-order valence-corrected chi connectivity index (χ4v) is 2.36. The number of halogens is 1. The van der Waals surface area contributed by atoms with Gasteiger partial charge < -0.3 is 4.84 Å². The maximum absolute atomic E-state index is 12.1. The molecule has 2 aromatic carbocycles. The Labute approximate surface area is 147 Å². The third-order valence-electron chi connectivity index (χ3n) is 3.28. The molecule has 24 heavy (non-hydrogen) atoms. The van der Waals surface area contributed by atoms with E-state index in [1.807, 2.05) is 42.5 Å². The lowest BCUT2D eigenvalue weighted by Crippen LogP contribution is -2.08. The highest BCUT2D eigenvalue weighted by Crippen LogP contribution is 2.15. The van der Waals surface area contributed by atoms with E-state index < -0.39 is 5.97 Å². The van der Waals surface area contributed by atoms with Crippen molar-refractivity contribution in [2.24, 2.45) is 5.16 Å². The zero-order chi connectivity index (χ0) is 16.8. The Morgan fingerprint density at radius 3 is 2.25 bits per heavy atom. The van der Waals surface area contributed by atoms with Gasteiger partial charge in [-0.25, -0.2) is 4.79 Å². The highest BCUT2D eigenvalue weighted by Gasteiger charge is 2.11. The van der Waals surface area contributed by atoms with Crippen molar-refractivity contribution >= 4 is 27.6 Å². The number of pyridine rings is 1. The molecule has 0 unspecified atom stereocenters. The standard InChI is InChI=1S/C19H13BrN2O2/c20-17-10-8-14(9-11-17)18(16-7-4-12-21-13-16)22-24-19(23)15-5-2-1-3-6-15/h1-13H/b22-18+. The van der Waals surface area contributed by atoms with Crippen LogP contribution >= 0.6 is 15.9 Å². The molecule has 3 rings (SSSR count). The summed E-state index contributed by atoms with van der Waals surface area (Å²) < 4.78 is 0.957. The van der Waals surface area contributed by atoms with Gasteiger partial charge in [-0.05, 0) is 36.4 Å². The maximum atomic E-state index is 12.1. The Hall–Kier alpha value is -2.79. The van der Waals surface area contributed by atoms with Crippen LogP contribution in [0.2, 0.25) is 0 Å². The zero-order valence-corrected chi connectivity index (χ0v) is 14.2. The van der Waals surface area contributed by atoms with Crippen molar-refractivity contribution in [3.05, 3.63) is 100 Å². The minimum Gasteiger partial charge on any atom is -0.312 e. The molecule has 1 heterocycles. The second kappa shape index (κ2) is 7.66. The van der Waals surface area contributed by atoms with Crippen LogP contribution in [0.25, 0.3) is 0 Å². The van der Waals surface area contributed by atoms with Gasteiger partial charge in [-0.2, -0.15) is 0 Å². The van der Waals surface area contributed by atoms with Gasteiger partial charge in [0.05, 0.1) is 5.56 Å². The summed E-state index contributed by atoms with van der Waals surface area (Å²) in [4.78, 5) is 21.4. The minimum absolute atomic E-state index is 0.447. The molecule has 0 fully saturated rings. The molecule has 1 aromatic heterocycles. The van der Waals surface area contributed by atoms with Crippen molar-refractivity contribution in [2.75, 3.05) is 0 Å². The van der Waals surface area contributed by atoms with Crippen LogP contribution in [0.1, 0.15) is 21.5 Å². The Balaban J connectivity index is 1.93. The van der Waals surface area contributed by atoms with Crippen molar-refractivity contribution in [3.63, 3.8) is 0 Å². The third kappa shape index (κ3) is 3.94. The summed E-state index contributed by atoms with van der Waals surface area (Å²) in [6, 6.07) is 20.0. The van der Waals surface area contributed by atoms with Gasteiger partial charge in [-0.15, -0.1) is 0 Å². The Morgan fingerprint density at radius 1 is 0.875 bits per heavy atom. The number of aromatic nitrogens is 1. The van der Waals surface area contributed by atoms with Crippen LogP contribution in [0, 0.1) is 0 Å². The van der Waals surface area contributed by atoms with E-state index in [2.05, 4.69) is 26.1 Å². The number of hydrogen-bond acceptors (Lipinski definition) is 4. The monoisotopic (exact) mass is 380 g/mol. The second-order valence-corrected chi connectivity index (χ2v) is 5.85. The second-order valence-electron chi connectivity index (χ2n) is 4.93. The highest BCUT2D eigenvalue weighted by molar-refractivity contribution is 9.10. The van der Waals surface area contributed by atoms with Crippen LogP contribution in [0.15, 0.2) is 88.8 Å². The number of oxime groups is 1. The first kappa shape index (κ1) is 16.1. The van der Waals surface area contributed by atoms with Crippen LogP contribution < -0.4 is 0 Å². The lowest BCUT2D eigenvalue weighted by molar-refractivity contribution is 0.0517. The molecular formula is C19H13BrN2O2. The zero-order valence-electron chi connectivity index (χ0n) is 12.6. The van der Waals surface area contributed by atoms with Crippen molar-refractivity contribution < 1.29 is 9.63 Å². The van der Waals surface area contributed by atoms with Gasteiger partial charge in [0.1, 0.15) is 5.71 Å². The van der Waals surface area contributed by atoms with E-state index in [0.717, 1.165) is 15.6 Å². The number of hydrogen-bond donors (Lipinski definition) is 0. The van der Waals surface area contributed by atoms with Gasteiger partial charge in [-0.3, -0.25) is 4.98 Å². The predicted octanol–water partition coefficient (Wildman–Crippen LogP) is 4.45. The van der Waals surface area contributed by atoms with E-state index in [-0.39, 0.29) is 0 Å². The first-order valence-corrected chi connectivity index (χ1v) is 8.04. The molecule has 0 spiro atoms. The van der Waals surface area contributed by atoms with Gasteiger partial charge in [0.2, 0.25) is 0 Å². The molecule has 0 amide bonds. The number of rotatable bonds is 4. The quantitative estimate of drug-likeness (QED) is 0.381.